The number of aliphatic hydroxyl groups is 3. The smallest absolute Gasteiger partial charge is 0.249 e. The molecule has 0 aromatic carbocycles. The van der Waals surface area contributed by atoms with Gasteiger partial charge in [0.15, 0.2) is 0 Å². The molecule has 0 spiro atoms. The molecule has 0 aliphatic heterocycles. The Hall–Kier alpha value is -1.43. The topological polar surface area (TPSA) is 89.8 Å². The Bertz CT molecular complexity index is 734. The van der Waals surface area contributed by atoms with Crippen LogP contribution >= 0.6 is 0 Å². The van der Waals surface area contributed by atoms with Gasteiger partial charge in [0.1, 0.15) is 6.10 Å². The molecule has 0 radical (unpaired) electrons. The lowest BCUT2D eigenvalue weighted by atomic mass is 10.0. The highest BCUT2D eigenvalue weighted by Crippen LogP contribution is 2.14. The third-order valence-corrected chi connectivity index (χ3v) is 9.21. The van der Waals surface area contributed by atoms with Gasteiger partial charge in [-0.2, -0.15) is 0 Å². The number of rotatable bonds is 36. The van der Waals surface area contributed by atoms with Gasteiger partial charge >= 0.3 is 0 Å². The van der Waals surface area contributed by atoms with E-state index in [2.05, 4.69) is 43.5 Å². The fraction of sp³-hybridized carbons (Fsp3) is 0.833. The van der Waals surface area contributed by atoms with Crippen LogP contribution in [0.3, 0.4) is 0 Å². The van der Waals surface area contributed by atoms with Crippen molar-refractivity contribution in [3.63, 3.8) is 0 Å². The number of carbonyl (C=O) groups is 1. The quantitative estimate of drug-likeness (QED) is 0.0397. The van der Waals surface area contributed by atoms with E-state index >= 15 is 0 Å². The highest BCUT2D eigenvalue weighted by Gasteiger charge is 2.22. The second-order valence-corrected chi connectivity index (χ2v) is 13.8. The van der Waals surface area contributed by atoms with Crippen LogP contribution in [0.15, 0.2) is 36.5 Å². The first-order chi connectivity index (χ1) is 23.1. The normalized spacial score (nSPS) is 14.1. The van der Waals surface area contributed by atoms with Crippen molar-refractivity contribution in [1.29, 1.82) is 0 Å². The van der Waals surface area contributed by atoms with E-state index in [1.165, 1.54) is 135 Å². The standard InChI is InChI=1S/C42H79NO4/c1-3-5-7-9-11-13-15-16-17-18-19-20-21-22-23-24-25-26-27-29-30-32-34-36-40(45)39(38-44)43-42(47)41(46)37-35-33-31-28-14-12-10-8-6-4-2/h23-24,27,29,34,36,39-41,44-46H,3-22,25-26,28,30-33,35,37-38H2,1-2H3,(H,43,47)/b24-23+,29-27+,36-34+. The molecule has 0 heterocycles. The zero-order valence-electron chi connectivity index (χ0n) is 31.2. The number of unbranched alkanes of at least 4 members (excludes halogenated alkanes) is 24. The second-order valence-electron chi connectivity index (χ2n) is 13.8. The SMILES string of the molecule is CCCCCCCCCCCCCCC/C=C/CC/C=C/CC/C=C/C(O)C(CO)NC(=O)C(O)CCCCCCCCCCCC. The molecule has 5 nitrogen and oxygen atoms in total. The summed E-state index contributed by atoms with van der Waals surface area (Å²) >= 11 is 0. The molecule has 0 aliphatic rings. The van der Waals surface area contributed by atoms with E-state index in [0.29, 0.717) is 6.42 Å². The van der Waals surface area contributed by atoms with Gasteiger partial charge in [-0.3, -0.25) is 4.79 Å². The van der Waals surface area contributed by atoms with Crippen molar-refractivity contribution in [2.24, 2.45) is 0 Å². The van der Waals surface area contributed by atoms with Crippen molar-refractivity contribution in [2.45, 2.75) is 218 Å². The average Bonchev–Trinajstić information content (AvgIpc) is 3.07. The summed E-state index contributed by atoms with van der Waals surface area (Å²) in [5.74, 6) is -0.520. The van der Waals surface area contributed by atoms with Crippen molar-refractivity contribution < 1.29 is 20.1 Å². The van der Waals surface area contributed by atoms with Crippen LogP contribution in [0.2, 0.25) is 0 Å². The molecule has 3 atom stereocenters. The van der Waals surface area contributed by atoms with Gasteiger partial charge in [-0.05, 0) is 44.9 Å². The molecule has 5 heteroatoms. The van der Waals surface area contributed by atoms with E-state index in [1.54, 1.807) is 6.08 Å². The molecular formula is C42H79NO4. The number of allylic oxidation sites excluding steroid dienone is 5. The maximum absolute atomic E-state index is 12.4. The Morgan fingerprint density at radius 1 is 0.511 bits per heavy atom. The second kappa shape index (κ2) is 37.4. The van der Waals surface area contributed by atoms with Crippen LogP contribution in [0.5, 0.6) is 0 Å². The lowest BCUT2D eigenvalue weighted by Crippen LogP contribution is -2.48. The Balaban J connectivity index is 3.74. The predicted molar refractivity (Wildman–Crippen MR) is 204 cm³/mol. The molecule has 0 saturated carbocycles. The first kappa shape index (κ1) is 45.6. The van der Waals surface area contributed by atoms with Crippen molar-refractivity contribution in [3.05, 3.63) is 36.5 Å². The fourth-order valence-corrected chi connectivity index (χ4v) is 5.98. The number of carbonyl (C=O) groups excluding carboxylic acids is 1. The summed E-state index contributed by atoms with van der Waals surface area (Å²) < 4.78 is 0. The predicted octanol–water partition coefficient (Wildman–Crippen LogP) is 11.2. The van der Waals surface area contributed by atoms with Gasteiger partial charge in [0, 0.05) is 0 Å². The van der Waals surface area contributed by atoms with E-state index in [4.69, 9.17) is 0 Å². The van der Waals surface area contributed by atoms with Gasteiger partial charge in [0.05, 0.1) is 18.8 Å². The third kappa shape index (κ3) is 32.9. The Kier molecular flexibility index (Phi) is 36.3. The number of amides is 1. The monoisotopic (exact) mass is 662 g/mol. The number of hydrogen-bond donors (Lipinski definition) is 4. The van der Waals surface area contributed by atoms with Crippen LogP contribution in [0, 0.1) is 0 Å². The van der Waals surface area contributed by atoms with E-state index in [-0.39, 0.29) is 6.61 Å². The van der Waals surface area contributed by atoms with E-state index in [0.717, 1.165) is 44.9 Å². The molecule has 0 bridgehead atoms. The van der Waals surface area contributed by atoms with Crippen LogP contribution in [0.1, 0.15) is 200 Å². The van der Waals surface area contributed by atoms with Gasteiger partial charge in [-0.15, -0.1) is 0 Å². The van der Waals surface area contributed by atoms with Gasteiger partial charge < -0.3 is 20.6 Å². The average molecular weight is 662 g/mol. The fourth-order valence-electron chi connectivity index (χ4n) is 5.98. The number of hydrogen-bond acceptors (Lipinski definition) is 4. The van der Waals surface area contributed by atoms with Gasteiger partial charge in [0.25, 0.3) is 0 Å². The van der Waals surface area contributed by atoms with E-state index in [9.17, 15) is 20.1 Å². The van der Waals surface area contributed by atoms with E-state index < -0.39 is 24.2 Å². The molecule has 0 fully saturated rings. The van der Waals surface area contributed by atoms with Crippen LogP contribution in [-0.4, -0.2) is 46.1 Å². The summed E-state index contributed by atoms with van der Waals surface area (Å²) in [4.78, 5) is 12.4. The summed E-state index contributed by atoms with van der Waals surface area (Å²) in [6.07, 6.45) is 46.1. The molecule has 0 saturated heterocycles. The molecule has 47 heavy (non-hydrogen) atoms. The molecular weight excluding hydrogens is 582 g/mol. The third-order valence-electron chi connectivity index (χ3n) is 9.21. The van der Waals surface area contributed by atoms with Crippen molar-refractivity contribution in [1.82, 2.24) is 5.32 Å². The minimum absolute atomic E-state index is 0.380. The van der Waals surface area contributed by atoms with Crippen LogP contribution in [0.4, 0.5) is 0 Å². The van der Waals surface area contributed by atoms with Gasteiger partial charge in [-0.25, -0.2) is 0 Å². The molecule has 0 aromatic rings. The maximum atomic E-state index is 12.4. The molecule has 0 aliphatic carbocycles. The van der Waals surface area contributed by atoms with Gasteiger partial charge in [0.2, 0.25) is 5.91 Å². The van der Waals surface area contributed by atoms with Crippen LogP contribution in [-0.2, 0) is 4.79 Å². The Morgan fingerprint density at radius 3 is 1.30 bits per heavy atom. The number of aliphatic hydroxyl groups excluding tert-OH is 3. The van der Waals surface area contributed by atoms with Crippen molar-refractivity contribution in [2.75, 3.05) is 6.61 Å². The Morgan fingerprint density at radius 2 is 0.872 bits per heavy atom. The molecule has 4 N–H and O–H groups in total. The summed E-state index contributed by atoms with van der Waals surface area (Å²) in [6.45, 7) is 4.14. The molecule has 0 rings (SSSR count). The zero-order chi connectivity index (χ0) is 34.5. The highest BCUT2D eigenvalue weighted by atomic mass is 16.3. The summed E-state index contributed by atoms with van der Waals surface area (Å²) in [5, 5.41) is 32.9. The molecule has 0 aromatic heterocycles. The van der Waals surface area contributed by atoms with Gasteiger partial charge in [-0.1, -0.05) is 192 Å². The minimum Gasteiger partial charge on any atom is -0.394 e. The summed E-state index contributed by atoms with van der Waals surface area (Å²) in [7, 11) is 0. The van der Waals surface area contributed by atoms with Crippen LogP contribution < -0.4 is 5.32 Å². The highest BCUT2D eigenvalue weighted by molar-refractivity contribution is 5.80. The summed E-state index contributed by atoms with van der Waals surface area (Å²) in [5.41, 5.74) is 0. The first-order valence-electron chi connectivity index (χ1n) is 20.3. The van der Waals surface area contributed by atoms with Crippen LogP contribution in [0.25, 0.3) is 0 Å². The number of nitrogens with one attached hydrogen (secondary N) is 1. The van der Waals surface area contributed by atoms with Crippen molar-refractivity contribution in [3.8, 4) is 0 Å². The molecule has 1 amide bonds. The minimum atomic E-state index is -1.10. The van der Waals surface area contributed by atoms with Crippen molar-refractivity contribution >= 4 is 5.91 Å². The Labute approximate surface area is 292 Å². The first-order valence-corrected chi connectivity index (χ1v) is 20.3. The molecule has 276 valence electrons. The summed E-state index contributed by atoms with van der Waals surface area (Å²) in [6, 6.07) is -0.817. The van der Waals surface area contributed by atoms with E-state index in [1.807, 2.05) is 6.08 Å². The zero-order valence-corrected chi connectivity index (χ0v) is 31.2. The maximum Gasteiger partial charge on any atom is 0.249 e. The lowest BCUT2D eigenvalue weighted by Gasteiger charge is -2.21. The lowest BCUT2D eigenvalue weighted by molar-refractivity contribution is -0.131. The molecule has 3 unspecified atom stereocenters. The largest absolute Gasteiger partial charge is 0.394 e.